The standard InChI is InChI=1S/C22H17FN2O2S/c23-18-10-8-16(9-11-18)20-13-24-22(25(20)14-19-7-4-12-27-19)28-15-21(26)17-5-2-1-3-6-17/h1-13H,14-15H2. The maximum Gasteiger partial charge on any atom is 0.173 e. The molecule has 4 nitrogen and oxygen atoms in total. The molecule has 0 bridgehead atoms. The lowest BCUT2D eigenvalue weighted by Gasteiger charge is -2.10. The number of rotatable bonds is 7. The topological polar surface area (TPSA) is 48.0 Å². The van der Waals surface area contributed by atoms with Gasteiger partial charge in [-0.25, -0.2) is 9.37 Å². The number of nitrogens with zero attached hydrogens (tertiary/aromatic N) is 2. The van der Waals surface area contributed by atoms with E-state index in [0.717, 1.165) is 17.0 Å². The molecule has 28 heavy (non-hydrogen) atoms. The monoisotopic (exact) mass is 392 g/mol. The summed E-state index contributed by atoms with van der Waals surface area (Å²) in [6.45, 7) is 0.474. The minimum absolute atomic E-state index is 0.0430. The first-order valence-electron chi connectivity index (χ1n) is 8.75. The highest BCUT2D eigenvalue weighted by atomic mass is 32.2. The molecule has 6 heteroatoms. The molecule has 0 fully saturated rings. The zero-order chi connectivity index (χ0) is 19.3. The van der Waals surface area contributed by atoms with E-state index in [1.807, 2.05) is 47.0 Å². The summed E-state index contributed by atoms with van der Waals surface area (Å²) in [5.74, 6) is 0.810. The minimum atomic E-state index is -0.288. The maximum atomic E-state index is 13.3. The van der Waals surface area contributed by atoms with E-state index in [4.69, 9.17) is 4.42 Å². The number of imidazole rings is 1. The molecule has 4 rings (SSSR count). The molecule has 0 aliphatic rings. The normalized spacial score (nSPS) is 10.9. The average molecular weight is 392 g/mol. The predicted molar refractivity (Wildman–Crippen MR) is 107 cm³/mol. The first kappa shape index (κ1) is 18.3. The third-order valence-corrected chi connectivity index (χ3v) is 5.27. The second-order valence-corrected chi connectivity index (χ2v) is 7.12. The number of benzene rings is 2. The van der Waals surface area contributed by atoms with Gasteiger partial charge in [0, 0.05) is 5.56 Å². The molecule has 0 saturated carbocycles. The van der Waals surface area contributed by atoms with E-state index >= 15 is 0 Å². The summed E-state index contributed by atoms with van der Waals surface area (Å²) in [5.41, 5.74) is 2.37. The van der Waals surface area contributed by atoms with Crippen molar-refractivity contribution in [3.8, 4) is 11.3 Å². The Balaban J connectivity index is 1.61. The van der Waals surface area contributed by atoms with E-state index in [2.05, 4.69) is 4.98 Å². The first-order chi connectivity index (χ1) is 13.7. The van der Waals surface area contributed by atoms with Gasteiger partial charge >= 0.3 is 0 Å². The van der Waals surface area contributed by atoms with Gasteiger partial charge in [0.15, 0.2) is 10.9 Å². The number of Topliss-reactive ketones (excluding diaryl/α,β-unsaturated/α-hetero) is 1. The number of carbonyl (C=O) groups excluding carboxylic acids is 1. The highest BCUT2D eigenvalue weighted by molar-refractivity contribution is 7.99. The van der Waals surface area contributed by atoms with Crippen molar-refractivity contribution >= 4 is 17.5 Å². The predicted octanol–water partition coefficient (Wildman–Crippen LogP) is 5.31. The van der Waals surface area contributed by atoms with Crippen LogP contribution in [-0.4, -0.2) is 21.1 Å². The molecule has 2 aromatic heterocycles. The van der Waals surface area contributed by atoms with Gasteiger partial charge in [-0.05, 0) is 42.0 Å². The van der Waals surface area contributed by atoms with Gasteiger partial charge in [0.1, 0.15) is 11.6 Å². The van der Waals surface area contributed by atoms with E-state index < -0.39 is 0 Å². The van der Waals surface area contributed by atoms with Crippen molar-refractivity contribution < 1.29 is 13.6 Å². The molecule has 0 amide bonds. The third-order valence-electron chi connectivity index (χ3n) is 4.28. The lowest BCUT2D eigenvalue weighted by Crippen LogP contribution is -2.06. The highest BCUT2D eigenvalue weighted by Crippen LogP contribution is 2.28. The van der Waals surface area contributed by atoms with E-state index in [9.17, 15) is 9.18 Å². The molecule has 0 aliphatic carbocycles. The summed E-state index contributed by atoms with van der Waals surface area (Å²) in [4.78, 5) is 16.9. The molecule has 0 N–H and O–H groups in total. The minimum Gasteiger partial charge on any atom is -0.467 e. The maximum absolute atomic E-state index is 13.3. The van der Waals surface area contributed by atoms with Gasteiger partial charge in [-0.3, -0.25) is 4.79 Å². The Hall–Kier alpha value is -3.12. The molecule has 0 aliphatic heterocycles. The zero-order valence-electron chi connectivity index (χ0n) is 14.9. The first-order valence-corrected chi connectivity index (χ1v) is 9.74. The van der Waals surface area contributed by atoms with E-state index in [1.165, 1.54) is 23.9 Å². The number of carbonyl (C=O) groups is 1. The van der Waals surface area contributed by atoms with Crippen molar-refractivity contribution in [2.75, 3.05) is 5.75 Å². The van der Waals surface area contributed by atoms with Crippen LogP contribution in [0, 0.1) is 5.82 Å². The van der Waals surface area contributed by atoms with Gasteiger partial charge < -0.3 is 8.98 Å². The van der Waals surface area contributed by atoms with E-state index in [0.29, 0.717) is 17.3 Å². The summed E-state index contributed by atoms with van der Waals surface area (Å²) in [7, 11) is 0. The number of aromatic nitrogens is 2. The van der Waals surface area contributed by atoms with Crippen molar-refractivity contribution in [2.45, 2.75) is 11.7 Å². The summed E-state index contributed by atoms with van der Waals surface area (Å²) in [5, 5.41) is 0.708. The molecule has 2 aromatic carbocycles. The molecule has 2 heterocycles. The number of furan rings is 1. The SMILES string of the molecule is O=C(CSc1ncc(-c2ccc(F)cc2)n1Cc1ccco1)c1ccccc1. The molecule has 0 saturated heterocycles. The fraction of sp³-hybridized carbons (Fsp3) is 0.0909. The van der Waals surface area contributed by atoms with Crippen LogP contribution < -0.4 is 0 Å². The smallest absolute Gasteiger partial charge is 0.173 e. The van der Waals surface area contributed by atoms with Gasteiger partial charge in [0.25, 0.3) is 0 Å². The van der Waals surface area contributed by atoms with Crippen molar-refractivity contribution in [2.24, 2.45) is 0 Å². The van der Waals surface area contributed by atoms with Crippen molar-refractivity contribution in [1.82, 2.24) is 9.55 Å². The summed E-state index contributed by atoms with van der Waals surface area (Å²) < 4.78 is 20.8. The Morgan fingerprint density at radius 3 is 2.54 bits per heavy atom. The van der Waals surface area contributed by atoms with Gasteiger partial charge in [-0.1, -0.05) is 42.1 Å². The van der Waals surface area contributed by atoms with Crippen LogP contribution in [0.2, 0.25) is 0 Å². The highest BCUT2D eigenvalue weighted by Gasteiger charge is 2.16. The van der Waals surface area contributed by atoms with Gasteiger partial charge in [-0.2, -0.15) is 0 Å². The Morgan fingerprint density at radius 2 is 1.82 bits per heavy atom. The van der Waals surface area contributed by atoms with Crippen LogP contribution in [0.15, 0.2) is 88.8 Å². The Kier molecular flexibility index (Phi) is 5.39. The summed E-state index contributed by atoms with van der Waals surface area (Å²) in [6.07, 6.45) is 3.36. The summed E-state index contributed by atoms with van der Waals surface area (Å²) >= 11 is 1.38. The fourth-order valence-corrected chi connectivity index (χ4v) is 3.75. The number of hydrogen-bond donors (Lipinski definition) is 0. The molecule has 0 radical (unpaired) electrons. The average Bonchev–Trinajstić information content (AvgIpc) is 3.38. The number of ketones is 1. The molecular formula is C22H17FN2O2S. The van der Waals surface area contributed by atoms with Crippen molar-refractivity contribution in [3.05, 3.63) is 96.3 Å². The molecular weight excluding hydrogens is 375 g/mol. The molecule has 0 atom stereocenters. The van der Waals surface area contributed by atoms with Crippen LogP contribution in [-0.2, 0) is 6.54 Å². The van der Waals surface area contributed by atoms with Crippen LogP contribution in [0.3, 0.4) is 0 Å². The molecule has 0 unspecified atom stereocenters. The second kappa shape index (κ2) is 8.27. The van der Waals surface area contributed by atoms with Crippen LogP contribution in [0.4, 0.5) is 4.39 Å². The van der Waals surface area contributed by atoms with Gasteiger partial charge in [-0.15, -0.1) is 0 Å². The van der Waals surface area contributed by atoms with Crippen LogP contribution in [0.5, 0.6) is 0 Å². The second-order valence-electron chi connectivity index (χ2n) is 6.18. The van der Waals surface area contributed by atoms with Gasteiger partial charge in [0.05, 0.1) is 30.5 Å². The van der Waals surface area contributed by atoms with Crippen molar-refractivity contribution in [1.29, 1.82) is 0 Å². The van der Waals surface area contributed by atoms with Crippen LogP contribution >= 0.6 is 11.8 Å². The third kappa shape index (κ3) is 4.07. The fourth-order valence-electron chi connectivity index (χ4n) is 2.87. The van der Waals surface area contributed by atoms with Crippen LogP contribution in [0.1, 0.15) is 16.1 Å². The lowest BCUT2D eigenvalue weighted by atomic mass is 10.1. The lowest BCUT2D eigenvalue weighted by molar-refractivity contribution is 0.102. The number of halogens is 1. The Bertz CT molecular complexity index is 1060. The summed E-state index contributed by atoms with van der Waals surface area (Å²) in [6, 6.07) is 19.2. The van der Waals surface area contributed by atoms with Crippen molar-refractivity contribution in [3.63, 3.8) is 0 Å². The Morgan fingerprint density at radius 1 is 1.04 bits per heavy atom. The zero-order valence-corrected chi connectivity index (χ0v) is 15.7. The quantitative estimate of drug-likeness (QED) is 0.316. The van der Waals surface area contributed by atoms with E-state index in [1.54, 1.807) is 24.6 Å². The van der Waals surface area contributed by atoms with E-state index in [-0.39, 0.29) is 17.4 Å². The van der Waals surface area contributed by atoms with Gasteiger partial charge in [0.2, 0.25) is 0 Å². The number of hydrogen-bond acceptors (Lipinski definition) is 4. The Labute approximate surface area is 166 Å². The van der Waals surface area contributed by atoms with Crippen LogP contribution in [0.25, 0.3) is 11.3 Å². The molecule has 4 aromatic rings. The number of thioether (sulfide) groups is 1. The molecule has 0 spiro atoms. The molecule has 140 valence electrons. The largest absolute Gasteiger partial charge is 0.467 e.